The summed E-state index contributed by atoms with van der Waals surface area (Å²) < 4.78 is 88.1. The summed E-state index contributed by atoms with van der Waals surface area (Å²) in [5.41, 5.74) is 0. The predicted molar refractivity (Wildman–Crippen MR) is 413 cm³/mol. The van der Waals surface area contributed by atoms with Gasteiger partial charge in [-0.05, 0) is 37.3 Å². The van der Waals surface area contributed by atoms with Crippen LogP contribution in [-0.4, -0.2) is 460 Å². The molecule has 0 unspecified atom stereocenters. The Morgan fingerprint density at radius 3 is 0.661 bits per heavy atom. The number of nitrogens with one attached hydrogen (secondary N) is 12. The summed E-state index contributed by atoms with van der Waals surface area (Å²) in [5, 5.41) is 228. The van der Waals surface area contributed by atoms with Crippen molar-refractivity contribution in [2.45, 2.75) is 313 Å². The highest BCUT2D eigenvalue weighted by Gasteiger charge is 2.60. The van der Waals surface area contributed by atoms with Gasteiger partial charge in [0.05, 0.1) is 52.9 Å². The quantitative estimate of drug-likeness (QED) is 0.0207. The Hall–Kier alpha value is -6.14. The second-order valence-electron chi connectivity index (χ2n) is 30.8. The highest BCUT2D eigenvalue weighted by atomic mass is 32.1. The first-order valence-corrected chi connectivity index (χ1v) is 40.6. The standard InChI is InChI=1S/C70H118N12O40S2/c1-21(89)73-37-51(103)45(97)29(13-83)113-63(37)109-19-35-57(119-65-39(75-23(3)91)53(105)47(99)31(15-85)115-65)59(121-67-41(77-25(5)93)55(107)49(101)33(17-87)117-67)43(79-27(7)95)61(111-35)81-69(123)71-11-9-10-12-72-70(124)82-62-44(80-28(8)96)60(122-68-42(78-26(6)94)56(108)50(102)34(18-88)118-68)58(120-66-40(76-24(4)92)54(106)48(100)32(16-86)116-66)36(112-62)20-110-64-38(74-22(2)90)52(104)46(98)30(14-84)114-64/h29-68,83-88,97-108H,9-20H2,1-8H3,(H,73,89)(H,74,90)(H,75,91)(H,76,92)(H,77,93)(H,78,94)(H,79,95)(H,80,96)(H2,71,81,123)(H2,72,82,124)/t29-,30-,31-,32-,33-,34-,35-,36-,37-,38-,39-,40-,41-,42-,43-,44-,45-,46-,47-,48-,49-,50-,51-,52-,53-,54-,55-,56-,57-,58-,59-,60-,61+,62+,63+,64+,65-,66-,67-,68-/m1/s1. The van der Waals surface area contributed by atoms with Gasteiger partial charge in [-0.25, -0.2) is 0 Å². The second-order valence-corrected chi connectivity index (χ2v) is 31.6. The highest BCUT2D eigenvalue weighted by Crippen LogP contribution is 2.38. The second kappa shape index (κ2) is 47.4. The number of rotatable bonds is 35. The summed E-state index contributed by atoms with van der Waals surface area (Å²) in [6.45, 7) is 0.762. The van der Waals surface area contributed by atoms with Gasteiger partial charge in [0.2, 0.25) is 47.3 Å². The summed E-state index contributed by atoms with van der Waals surface area (Å²) in [6.07, 6.45) is -58.6. The van der Waals surface area contributed by atoms with Gasteiger partial charge in [0, 0.05) is 68.5 Å². The summed E-state index contributed by atoms with van der Waals surface area (Å²) in [7, 11) is 0. The van der Waals surface area contributed by atoms with Crippen LogP contribution in [0.5, 0.6) is 0 Å². The van der Waals surface area contributed by atoms with Crippen molar-refractivity contribution in [1.29, 1.82) is 0 Å². The van der Waals surface area contributed by atoms with Crippen LogP contribution < -0.4 is 63.8 Å². The van der Waals surface area contributed by atoms with Crippen molar-refractivity contribution in [3.05, 3.63) is 0 Å². The summed E-state index contributed by atoms with van der Waals surface area (Å²) in [6, 6.07) is -13.6. The van der Waals surface area contributed by atoms with Crippen LogP contribution in [0.1, 0.15) is 68.2 Å². The number of aliphatic hydroxyl groups excluding tert-OH is 18. The van der Waals surface area contributed by atoms with Crippen molar-refractivity contribution in [2.24, 2.45) is 0 Å². The van der Waals surface area contributed by atoms with Gasteiger partial charge in [0.1, 0.15) is 195 Å². The van der Waals surface area contributed by atoms with E-state index in [1.165, 1.54) is 0 Å². The molecule has 8 heterocycles. The Labute approximate surface area is 718 Å². The molecule has 710 valence electrons. The first-order valence-electron chi connectivity index (χ1n) is 39.8. The summed E-state index contributed by atoms with van der Waals surface area (Å²) in [5.74, 6) is -6.52. The molecule has 8 saturated heterocycles. The molecule has 0 aromatic rings. The number of aliphatic hydroxyl groups is 18. The van der Waals surface area contributed by atoms with Crippen molar-refractivity contribution in [3.63, 3.8) is 0 Å². The maximum atomic E-state index is 13.6. The molecule has 0 aliphatic carbocycles. The maximum absolute atomic E-state index is 13.6. The smallest absolute Gasteiger partial charge is 0.217 e. The molecule has 8 aliphatic heterocycles. The van der Waals surface area contributed by atoms with Gasteiger partial charge in [-0.15, -0.1) is 0 Å². The normalized spacial score (nSPS) is 41.1. The monoisotopic (exact) mass is 1830 g/mol. The Morgan fingerprint density at radius 1 is 0.258 bits per heavy atom. The van der Waals surface area contributed by atoms with E-state index >= 15 is 0 Å². The molecule has 0 aromatic heterocycles. The minimum absolute atomic E-state index is 0.0386. The number of ether oxygens (including phenoxy) is 14. The van der Waals surface area contributed by atoms with Gasteiger partial charge >= 0.3 is 0 Å². The SMILES string of the molecule is CC(=O)N[C@@H]1[C@@H](O[C@H]2O[C@H](CO)[C@@H](O)[C@H](O)[C@H]2NC(C)=O)[C@H](O[C@H]2O[C@H](CO)[C@@H](O)[C@H](O)[C@H]2NC(C)=O)[C@@H](CO[C@H]2O[C@H](CO)[C@@H](O)[C@H](O)[C@H]2NC(C)=O)O[C@@H]1NC(=S)NCCCCNC(=S)N[C@H]1O[C@H](CO[C@H]2O[C@H](CO)[C@@H](O)[C@H](O)[C@H]2NC(C)=O)[C@@H](O[C@H]2O[C@H](CO)[C@@H](O)[C@H](O)[C@H]2NC(C)=O)[C@H](O[C@H]2O[C@H](CO)[C@@H](O)[C@H](O)[C@H]2NC(C)=O)[C@H]1NC(C)=O. The molecule has 30 N–H and O–H groups in total. The Balaban J connectivity index is 1.10. The highest BCUT2D eigenvalue weighted by molar-refractivity contribution is 7.80. The van der Waals surface area contributed by atoms with Crippen molar-refractivity contribution in [2.75, 3.05) is 65.9 Å². The fraction of sp³-hybridized carbons (Fsp3) is 0.857. The molecule has 0 spiro atoms. The molecule has 8 amide bonds. The van der Waals surface area contributed by atoms with Gasteiger partial charge in [0.25, 0.3) is 0 Å². The lowest BCUT2D eigenvalue weighted by molar-refractivity contribution is -0.348. The van der Waals surface area contributed by atoms with Gasteiger partial charge in [-0.3, -0.25) is 38.4 Å². The topological polar surface area (TPSA) is 774 Å². The van der Waals surface area contributed by atoms with E-state index in [1.54, 1.807) is 0 Å². The van der Waals surface area contributed by atoms with Crippen LogP contribution in [0.15, 0.2) is 0 Å². The van der Waals surface area contributed by atoms with E-state index in [0.717, 1.165) is 55.4 Å². The molecular formula is C70H118N12O40S2. The van der Waals surface area contributed by atoms with Crippen molar-refractivity contribution < 1.29 is 197 Å². The van der Waals surface area contributed by atoms with E-state index < -0.39 is 345 Å². The average Bonchev–Trinajstić information content (AvgIpc) is 0.760. The van der Waals surface area contributed by atoms with Crippen molar-refractivity contribution in [1.82, 2.24) is 63.8 Å². The summed E-state index contributed by atoms with van der Waals surface area (Å²) >= 11 is 11.7. The van der Waals surface area contributed by atoms with Gasteiger partial charge in [0.15, 0.2) is 60.4 Å². The van der Waals surface area contributed by atoms with Crippen LogP contribution in [0.3, 0.4) is 0 Å². The molecule has 124 heavy (non-hydrogen) atoms. The minimum Gasteiger partial charge on any atom is -0.394 e. The molecule has 8 rings (SSSR count). The first kappa shape index (κ1) is 103. The van der Waals surface area contributed by atoms with Crippen LogP contribution in [0, 0.1) is 0 Å². The molecule has 52 nitrogen and oxygen atoms in total. The zero-order valence-corrected chi connectivity index (χ0v) is 70.1. The molecule has 0 aromatic carbocycles. The third-order valence-electron chi connectivity index (χ3n) is 21.4. The van der Waals surface area contributed by atoms with Crippen LogP contribution in [0.25, 0.3) is 0 Å². The van der Waals surface area contributed by atoms with Crippen molar-refractivity contribution in [3.8, 4) is 0 Å². The third kappa shape index (κ3) is 26.3. The van der Waals surface area contributed by atoms with Gasteiger partial charge in [-0.1, -0.05) is 0 Å². The van der Waals surface area contributed by atoms with E-state index in [1.807, 2.05) is 0 Å². The number of carbonyl (C=O) groups excluding carboxylic acids is 8. The zero-order valence-electron chi connectivity index (χ0n) is 68.4. The van der Waals surface area contributed by atoms with E-state index in [9.17, 15) is 130 Å². The lowest BCUT2D eigenvalue weighted by Crippen LogP contribution is -2.73. The number of thiocarbonyl (C=S) groups is 2. The number of hydrogen-bond acceptors (Lipinski definition) is 42. The third-order valence-corrected chi connectivity index (χ3v) is 21.9. The van der Waals surface area contributed by atoms with E-state index in [0.29, 0.717) is 0 Å². The number of amides is 8. The van der Waals surface area contributed by atoms with Crippen molar-refractivity contribution >= 4 is 81.9 Å². The Kier molecular flexibility index (Phi) is 39.5. The van der Waals surface area contributed by atoms with Crippen LogP contribution in [0.2, 0.25) is 0 Å². The maximum Gasteiger partial charge on any atom is 0.217 e. The number of unbranched alkanes of at least 4 members (excludes halogenated alkanes) is 1. The fourth-order valence-electron chi connectivity index (χ4n) is 15.4. The van der Waals surface area contributed by atoms with Gasteiger partial charge in [-0.2, -0.15) is 0 Å². The minimum atomic E-state index is -1.99. The molecule has 0 saturated carbocycles. The zero-order chi connectivity index (χ0) is 91.7. The molecule has 0 radical (unpaired) electrons. The van der Waals surface area contributed by atoms with E-state index in [2.05, 4.69) is 63.8 Å². The molecule has 40 atom stereocenters. The number of hydrogen-bond donors (Lipinski definition) is 30. The summed E-state index contributed by atoms with van der Waals surface area (Å²) in [4.78, 5) is 104. The first-order chi connectivity index (χ1) is 58.6. The Morgan fingerprint density at radius 2 is 0.452 bits per heavy atom. The Bertz CT molecular complexity index is 3300. The molecule has 8 fully saturated rings. The van der Waals surface area contributed by atoms with Crippen LogP contribution in [-0.2, 0) is 105 Å². The lowest BCUT2D eigenvalue weighted by Gasteiger charge is -2.52. The van der Waals surface area contributed by atoms with Gasteiger partial charge < -0.3 is 222 Å². The fourth-order valence-corrected chi connectivity index (χ4v) is 15.9. The molecule has 8 aliphatic rings. The number of carbonyl (C=O) groups is 8. The predicted octanol–water partition coefficient (Wildman–Crippen LogP) is -17.6. The average molecular weight is 1830 g/mol. The van der Waals surface area contributed by atoms with Crippen LogP contribution >= 0.6 is 24.4 Å². The molecular weight excluding hydrogens is 1710 g/mol. The lowest BCUT2D eigenvalue weighted by atomic mass is 9.92. The largest absolute Gasteiger partial charge is 0.394 e. The molecule has 54 heteroatoms. The van der Waals surface area contributed by atoms with Crippen LogP contribution in [0.4, 0.5) is 0 Å². The van der Waals surface area contributed by atoms with E-state index in [4.69, 9.17) is 90.8 Å². The molecule has 0 bridgehead atoms. The van der Waals surface area contributed by atoms with E-state index in [-0.39, 0.29) is 36.2 Å².